The molecule has 0 aliphatic heterocycles. The Morgan fingerprint density at radius 2 is 1.48 bits per heavy atom. The van der Waals surface area contributed by atoms with Gasteiger partial charge in [0.05, 0.1) is 10.6 Å². The first-order chi connectivity index (χ1) is 21.0. The highest BCUT2D eigenvalue weighted by molar-refractivity contribution is 9.10. The van der Waals surface area contributed by atoms with E-state index in [9.17, 15) is 18.0 Å². The number of rotatable bonds is 12. The van der Waals surface area contributed by atoms with Crippen LogP contribution >= 0.6 is 27.5 Å². The van der Waals surface area contributed by atoms with Crippen LogP contribution in [0.25, 0.3) is 0 Å². The molecule has 4 aromatic carbocycles. The molecule has 0 radical (unpaired) electrons. The highest BCUT2D eigenvalue weighted by Crippen LogP contribution is 2.30. The number of nitrogens with zero attached hydrogens (tertiary/aromatic N) is 2. The Kier molecular flexibility index (Phi) is 11.2. The third-order valence-corrected chi connectivity index (χ3v) is 9.56. The number of halogens is 2. The Bertz CT molecular complexity index is 1690. The first-order valence-electron chi connectivity index (χ1n) is 14.2. The van der Waals surface area contributed by atoms with Gasteiger partial charge in [0.25, 0.3) is 10.0 Å². The summed E-state index contributed by atoms with van der Waals surface area (Å²) in [5, 5.41) is 3.29. The lowest BCUT2D eigenvalue weighted by Crippen LogP contribution is -2.54. The van der Waals surface area contributed by atoms with E-state index in [2.05, 4.69) is 21.2 Å². The quantitative estimate of drug-likeness (QED) is 0.177. The van der Waals surface area contributed by atoms with Crippen molar-refractivity contribution in [2.24, 2.45) is 0 Å². The molecule has 0 aromatic heterocycles. The van der Waals surface area contributed by atoms with E-state index in [-0.39, 0.29) is 35.5 Å². The summed E-state index contributed by atoms with van der Waals surface area (Å²) in [4.78, 5) is 29.8. The van der Waals surface area contributed by atoms with Crippen molar-refractivity contribution >= 4 is 55.1 Å². The number of carbonyl (C=O) groups excluding carboxylic acids is 2. The van der Waals surface area contributed by atoms with Crippen molar-refractivity contribution in [3.8, 4) is 0 Å². The molecule has 0 spiro atoms. The van der Waals surface area contributed by atoms with Gasteiger partial charge < -0.3 is 10.2 Å². The molecule has 1 atom stereocenters. The van der Waals surface area contributed by atoms with Crippen molar-refractivity contribution in [3.63, 3.8) is 0 Å². The topological polar surface area (TPSA) is 86.8 Å². The molecule has 4 rings (SSSR count). The Balaban J connectivity index is 1.82. The van der Waals surface area contributed by atoms with Crippen molar-refractivity contribution in [2.45, 2.75) is 50.7 Å². The summed E-state index contributed by atoms with van der Waals surface area (Å²) in [6.07, 6.45) is 0.239. The molecule has 10 heteroatoms. The zero-order chi connectivity index (χ0) is 31.9. The number of aryl methyl sites for hydroxylation is 1. The zero-order valence-electron chi connectivity index (χ0n) is 24.8. The van der Waals surface area contributed by atoms with Crippen molar-refractivity contribution in [1.29, 1.82) is 0 Å². The van der Waals surface area contributed by atoms with Crippen molar-refractivity contribution in [1.82, 2.24) is 10.2 Å². The fraction of sp³-hybridized carbons (Fsp3) is 0.235. The molecule has 4 aromatic rings. The molecule has 7 nitrogen and oxygen atoms in total. The third kappa shape index (κ3) is 8.49. The average Bonchev–Trinajstić information content (AvgIpc) is 3.00. The Labute approximate surface area is 273 Å². The molecule has 0 aliphatic carbocycles. The van der Waals surface area contributed by atoms with Gasteiger partial charge in [0, 0.05) is 28.5 Å². The van der Waals surface area contributed by atoms with Gasteiger partial charge in [-0.05, 0) is 73.9 Å². The van der Waals surface area contributed by atoms with Crippen molar-refractivity contribution < 1.29 is 18.0 Å². The summed E-state index contributed by atoms with van der Waals surface area (Å²) < 4.78 is 30.2. The second kappa shape index (κ2) is 14.9. The van der Waals surface area contributed by atoms with E-state index in [0.29, 0.717) is 10.6 Å². The van der Waals surface area contributed by atoms with Crippen LogP contribution in [-0.4, -0.2) is 43.8 Å². The van der Waals surface area contributed by atoms with E-state index in [4.69, 9.17) is 11.6 Å². The Morgan fingerprint density at radius 3 is 2.09 bits per heavy atom. The molecule has 0 heterocycles. The summed E-state index contributed by atoms with van der Waals surface area (Å²) in [5.41, 5.74) is 2.56. The van der Waals surface area contributed by atoms with Gasteiger partial charge in [0.15, 0.2) is 0 Å². The number of amides is 2. The molecule has 0 aliphatic rings. The maximum absolute atomic E-state index is 14.5. The summed E-state index contributed by atoms with van der Waals surface area (Å²) in [5.74, 6) is -0.864. The number of anilines is 1. The van der Waals surface area contributed by atoms with Crippen LogP contribution in [0, 0.1) is 6.92 Å². The summed E-state index contributed by atoms with van der Waals surface area (Å²) in [6.45, 7) is 5.01. The lowest BCUT2D eigenvalue weighted by molar-refractivity contribution is -0.140. The van der Waals surface area contributed by atoms with Crippen LogP contribution in [-0.2, 0) is 32.6 Å². The highest BCUT2D eigenvalue weighted by Gasteiger charge is 2.35. The van der Waals surface area contributed by atoms with E-state index in [1.807, 2.05) is 68.4 Å². The molecule has 0 bridgehead atoms. The van der Waals surface area contributed by atoms with Gasteiger partial charge in [0.2, 0.25) is 11.8 Å². The molecular formula is C34H35BrClN3O4S. The molecule has 44 heavy (non-hydrogen) atoms. The van der Waals surface area contributed by atoms with Crippen molar-refractivity contribution in [2.75, 3.05) is 10.8 Å². The number of sulfonamides is 1. The van der Waals surface area contributed by atoms with Gasteiger partial charge in [0.1, 0.15) is 12.6 Å². The predicted octanol–water partition coefficient (Wildman–Crippen LogP) is 6.77. The van der Waals surface area contributed by atoms with Crippen LogP contribution in [0.2, 0.25) is 5.02 Å². The lowest BCUT2D eigenvalue weighted by Gasteiger charge is -2.34. The lowest BCUT2D eigenvalue weighted by atomic mass is 10.0. The van der Waals surface area contributed by atoms with Gasteiger partial charge in [-0.2, -0.15) is 0 Å². The van der Waals surface area contributed by atoms with E-state index >= 15 is 0 Å². The summed E-state index contributed by atoms with van der Waals surface area (Å²) in [6, 6.07) is 28.7. The normalized spacial score (nSPS) is 12.0. The smallest absolute Gasteiger partial charge is 0.264 e. The molecule has 2 amide bonds. The fourth-order valence-electron chi connectivity index (χ4n) is 4.81. The van der Waals surface area contributed by atoms with Gasteiger partial charge >= 0.3 is 0 Å². The van der Waals surface area contributed by atoms with Crippen molar-refractivity contribution in [3.05, 3.63) is 129 Å². The third-order valence-electron chi connectivity index (χ3n) is 7.02. The van der Waals surface area contributed by atoms with E-state index < -0.39 is 28.5 Å². The van der Waals surface area contributed by atoms with Gasteiger partial charge in [-0.3, -0.25) is 13.9 Å². The van der Waals surface area contributed by atoms with Crippen LogP contribution in [0.15, 0.2) is 112 Å². The highest BCUT2D eigenvalue weighted by atomic mass is 79.9. The van der Waals surface area contributed by atoms with Crippen LogP contribution in [0.1, 0.15) is 30.5 Å². The number of hydrogen-bond donors (Lipinski definition) is 1. The first kappa shape index (κ1) is 33.2. The molecule has 0 saturated carbocycles. The summed E-state index contributed by atoms with van der Waals surface area (Å²) >= 11 is 9.78. The number of hydrogen-bond acceptors (Lipinski definition) is 4. The average molecular weight is 697 g/mol. The fourth-order valence-corrected chi connectivity index (χ4v) is 6.73. The minimum absolute atomic E-state index is 0.0324. The molecule has 230 valence electrons. The minimum atomic E-state index is -4.20. The minimum Gasteiger partial charge on any atom is -0.352 e. The van der Waals surface area contributed by atoms with Crippen LogP contribution < -0.4 is 9.62 Å². The second-order valence-corrected chi connectivity index (χ2v) is 14.0. The number of carbonyl (C=O) groups is 2. The Hall–Kier alpha value is -3.66. The van der Waals surface area contributed by atoms with Gasteiger partial charge in [-0.1, -0.05) is 94.3 Å². The second-order valence-electron chi connectivity index (χ2n) is 10.8. The maximum Gasteiger partial charge on any atom is 0.264 e. The largest absolute Gasteiger partial charge is 0.352 e. The van der Waals surface area contributed by atoms with Gasteiger partial charge in [-0.15, -0.1) is 0 Å². The van der Waals surface area contributed by atoms with E-state index in [1.165, 1.54) is 23.1 Å². The Morgan fingerprint density at radius 1 is 0.864 bits per heavy atom. The zero-order valence-corrected chi connectivity index (χ0v) is 27.9. The van der Waals surface area contributed by atoms with Crippen LogP contribution in [0.3, 0.4) is 0 Å². The van der Waals surface area contributed by atoms with Crippen LogP contribution in [0.5, 0.6) is 0 Å². The SMILES string of the molecule is Cc1ccc(Cl)cc1N(CC(=O)N(Cc1ccc(Br)cc1)C(Cc1ccccc1)C(=O)NC(C)C)S(=O)(=O)c1ccccc1. The molecule has 1 unspecified atom stereocenters. The van der Waals surface area contributed by atoms with Crippen LogP contribution in [0.4, 0.5) is 5.69 Å². The van der Waals surface area contributed by atoms with E-state index in [1.54, 1.807) is 37.3 Å². The van der Waals surface area contributed by atoms with E-state index in [0.717, 1.165) is 19.9 Å². The number of benzene rings is 4. The predicted molar refractivity (Wildman–Crippen MR) is 179 cm³/mol. The molecular weight excluding hydrogens is 662 g/mol. The first-order valence-corrected chi connectivity index (χ1v) is 16.8. The molecule has 1 N–H and O–H groups in total. The maximum atomic E-state index is 14.5. The molecule has 0 fully saturated rings. The summed E-state index contributed by atoms with van der Waals surface area (Å²) in [7, 11) is -4.20. The monoisotopic (exact) mass is 695 g/mol. The number of nitrogens with one attached hydrogen (secondary N) is 1. The van der Waals surface area contributed by atoms with Gasteiger partial charge in [-0.25, -0.2) is 8.42 Å². The molecule has 0 saturated heterocycles. The standard InChI is InChI=1S/C34H35BrClN3O4S/c1-24(2)37-34(41)32(20-26-10-6-4-7-11-26)38(22-27-15-17-28(35)18-16-27)33(40)23-39(31-21-29(36)19-14-25(31)3)44(42,43)30-12-8-5-9-13-30/h4-19,21,24,32H,20,22-23H2,1-3H3,(H,37,41).